The molecule has 1 aliphatic heterocycles. The third kappa shape index (κ3) is 2.69. The van der Waals surface area contributed by atoms with Crippen molar-refractivity contribution in [3.63, 3.8) is 0 Å². The van der Waals surface area contributed by atoms with Crippen LogP contribution in [0.1, 0.15) is 25.7 Å². The van der Waals surface area contributed by atoms with Crippen LogP contribution in [0.25, 0.3) is 0 Å². The number of rotatable bonds is 3. The highest BCUT2D eigenvalue weighted by molar-refractivity contribution is 7.85. The monoisotopic (exact) mass is 295 g/mol. The molecule has 1 aliphatic carbocycles. The fraction of sp³-hybridized carbons (Fsp3) is 0.600. The number of nitrogens with one attached hydrogen (secondary N) is 1. The molecule has 3 unspecified atom stereocenters. The van der Waals surface area contributed by atoms with Gasteiger partial charge in [0.15, 0.2) is 11.5 Å². The van der Waals surface area contributed by atoms with Crippen LogP contribution in [0.2, 0.25) is 0 Å². The predicted molar refractivity (Wildman–Crippen MR) is 78.9 cm³/mol. The van der Waals surface area contributed by atoms with Crippen LogP contribution in [0.5, 0.6) is 11.5 Å². The van der Waals surface area contributed by atoms with Crippen LogP contribution >= 0.6 is 0 Å². The van der Waals surface area contributed by atoms with Crippen molar-refractivity contribution in [1.82, 2.24) is 5.32 Å². The molecule has 0 bridgehead atoms. The molecule has 1 N–H and O–H groups in total. The van der Waals surface area contributed by atoms with Gasteiger partial charge in [0.2, 0.25) is 0 Å². The van der Waals surface area contributed by atoms with Crippen molar-refractivity contribution >= 4 is 10.8 Å². The molecule has 1 fully saturated rings. The smallest absolute Gasteiger partial charge is 0.162 e. The Morgan fingerprint density at radius 3 is 2.75 bits per heavy atom. The number of benzene rings is 1. The fourth-order valence-corrected chi connectivity index (χ4v) is 4.68. The van der Waals surface area contributed by atoms with Gasteiger partial charge >= 0.3 is 0 Å². The molecule has 1 saturated carbocycles. The van der Waals surface area contributed by atoms with Gasteiger partial charge in [0.05, 0.1) is 29.3 Å². The summed E-state index contributed by atoms with van der Waals surface area (Å²) in [6.45, 7) is 1.34. The first-order chi connectivity index (χ1) is 9.79. The van der Waals surface area contributed by atoms with E-state index in [4.69, 9.17) is 9.47 Å². The average Bonchev–Trinajstić information content (AvgIpc) is 2.83. The third-order valence-corrected chi connectivity index (χ3v) is 5.88. The molecule has 0 spiro atoms. The molecule has 4 nitrogen and oxygen atoms in total. The lowest BCUT2D eigenvalue weighted by Gasteiger charge is -2.19. The molecule has 0 amide bonds. The summed E-state index contributed by atoms with van der Waals surface area (Å²) >= 11 is 0. The van der Waals surface area contributed by atoms with Gasteiger partial charge in [-0.15, -0.1) is 0 Å². The number of hydrogen-bond acceptors (Lipinski definition) is 4. The zero-order chi connectivity index (χ0) is 13.9. The van der Waals surface area contributed by atoms with Gasteiger partial charge < -0.3 is 14.8 Å². The van der Waals surface area contributed by atoms with Crippen molar-refractivity contribution < 1.29 is 13.7 Å². The molecule has 20 heavy (non-hydrogen) atoms. The van der Waals surface area contributed by atoms with E-state index < -0.39 is 10.8 Å². The van der Waals surface area contributed by atoms with Gasteiger partial charge in [0.25, 0.3) is 0 Å². The Morgan fingerprint density at radius 2 is 1.95 bits per heavy atom. The molecular weight excluding hydrogens is 274 g/mol. The Labute approximate surface area is 122 Å². The molecule has 1 heterocycles. The Morgan fingerprint density at radius 1 is 1.15 bits per heavy atom. The molecule has 0 radical (unpaired) electrons. The van der Waals surface area contributed by atoms with Crippen molar-refractivity contribution in [2.45, 2.75) is 41.9 Å². The van der Waals surface area contributed by atoms with E-state index in [2.05, 4.69) is 5.32 Å². The lowest BCUT2D eigenvalue weighted by atomic mass is 10.2. The van der Waals surface area contributed by atoms with Crippen LogP contribution in [0.3, 0.4) is 0 Å². The second kappa shape index (κ2) is 6.14. The van der Waals surface area contributed by atoms with Crippen LogP contribution < -0.4 is 14.8 Å². The molecule has 1 aromatic carbocycles. The largest absolute Gasteiger partial charge is 0.490 e. The highest BCUT2D eigenvalue weighted by Gasteiger charge is 2.32. The van der Waals surface area contributed by atoms with Crippen molar-refractivity contribution in [3.05, 3.63) is 18.2 Å². The van der Waals surface area contributed by atoms with Gasteiger partial charge in [-0.05, 0) is 32.0 Å². The first-order valence-corrected chi connectivity index (χ1v) is 8.48. The maximum atomic E-state index is 12.8. The summed E-state index contributed by atoms with van der Waals surface area (Å²) in [7, 11) is 0.962. The zero-order valence-corrected chi connectivity index (χ0v) is 12.6. The number of hydrogen-bond donors (Lipinski definition) is 1. The van der Waals surface area contributed by atoms with Gasteiger partial charge in [0.1, 0.15) is 0 Å². The molecular formula is C15H21NO3S. The van der Waals surface area contributed by atoms with Crippen LogP contribution in [-0.4, -0.2) is 35.8 Å². The summed E-state index contributed by atoms with van der Waals surface area (Å²) in [6.07, 6.45) is 4.16. The Kier molecular flexibility index (Phi) is 4.27. The summed E-state index contributed by atoms with van der Waals surface area (Å²) in [4.78, 5) is 0.849. The maximum Gasteiger partial charge on any atom is 0.162 e. The van der Waals surface area contributed by atoms with Gasteiger partial charge in [0, 0.05) is 23.4 Å². The molecule has 3 rings (SSSR count). The fourth-order valence-electron chi connectivity index (χ4n) is 2.96. The van der Waals surface area contributed by atoms with E-state index in [-0.39, 0.29) is 5.25 Å². The topological polar surface area (TPSA) is 47.6 Å². The van der Waals surface area contributed by atoms with Crippen molar-refractivity contribution in [2.75, 3.05) is 20.3 Å². The maximum absolute atomic E-state index is 12.8. The van der Waals surface area contributed by atoms with Gasteiger partial charge in [-0.25, -0.2) is 0 Å². The Balaban J connectivity index is 1.83. The third-order valence-electron chi connectivity index (χ3n) is 4.05. The molecule has 1 aromatic rings. The minimum atomic E-state index is -0.990. The first-order valence-electron chi connectivity index (χ1n) is 7.27. The van der Waals surface area contributed by atoms with Gasteiger partial charge in [-0.2, -0.15) is 0 Å². The van der Waals surface area contributed by atoms with Crippen LogP contribution in [0, 0.1) is 0 Å². The van der Waals surface area contributed by atoms with Crippen LogP contribution in [0.15, 0.2) is 23.1 Å². The standard InChI is InChI=1S/C15H21NO3S/c1-16-12-4-2-5-15(12)20(17)11-6-7-13-14(10-11)19-9-3-8-18-13/h6-7,10,12,15-16H,2-5,8-9H2,1H3. The average molecular weight is 295 g/mol. The Bertz CT molecular complexity index is 506. The summed E-state index contributed by atoms with van der Waals surface area (Å²) < 4.78 is 24.1. The van der Waals surface area contributed by atoms with Gasteiger partial charge in [-0.1, -0.05) is 6.42 Å². The summed E-state index contributed by atoms with van der Waals surface area (Å²) in [5, 5.41) is 3.49. The van der Waals surface area contributed by atoms with E-state index >= 15 is 0 Å². The predicted octanol–water partition coefficient (Wildman–Crippen LogP) is 2.10. The second-order valence-electron chi connectivity index (χ2n) is 5.32. The summed E-state index contributed by atoms with van der Waals surface area (Å²) in [6, 6.07) is 6.04. The van der Waals surface area contributed by atoms with E-state index in [1.807, 2.05) is 25.2 Å². The lowest BCUT2D eigenvalue weighted by Crippen LogP contribution is -2.35. The quantitative estimate of drug-likeness (QED) is 0.927. The van der Waals surface area contributed by atoms with Crippen LogP contribution in [0.4, 0.5) is 0 Å². The lowest BCUT2D eigenvalue weighted by molar-refractivity contribution is 0.297. The second-order valence-corrected chi connectivity index (χ2v) is 6.99. The molecule has 0 aromatic heterocycles. The van der Waals surface area contributed by atoms with E-state index in [9.17, 15) is 4.21 Å². The Hall–Kier alpha value is -1.07. The molecule has 3 atom stereocenters. The van der Waals surface area contributed by atoms with Gasteiger partial charge in [-0.3, -0.25) is 4.21 Å². The van der Waals surface area contributed by atoms with Crippen molar-refractivity contribution in [2.24, 2.45) is 0 Å². The van der Waals surface area contributed by atoms with Crippen molar-refractivity contribution in [3.8, 4) is 11.5 Å². The highest BCUT2D eigenvalue weighted by atomic mass is 32.2. The molecule has 110 valence electrons. The van der Waals surface area contributed by atoms with E-state index in [0.29, 0.717) is 19.3 Å². The minimum Gasteiger partial charge on any atom is -0.490 e. The molecule has 5 heteroatoms. The summed E-state index contributed by atoms with van der Waals surface area (Å²) in [5.74, 6) is 1.49. The number of ether oxygens (including phenoxy) is 2. The van der Waals surface area contributed by atoms with E-state index in [1.165, 1.54) is 0 Å². The van der Waals surface area contributed by atoms with E-state index in [1.54, 1.807) is 0 Å². The van der Waals surface area contributed by atoms with E-state index in [0.717, 1.165) is 42.1 Å². The minimum absolute atomic E-state index is 0.199. The van der Waals surface area contributed by atoms with Crippen LogP contribution in [-0.2, 0) is 10.8 Å². The first kappa shape index (κ1) is 13.9. The number of fused-ring (bicyclic) bond motifs is 1. The zero-order valence-electron chi connectivity index (χ0n) is 11.8. The normalized spacial score (nSPS) is 27.1. The molecule has 2 aliphatic rings. The summed E-state index contributed by atoms with van der Waals surface area (Å²) in [5.41, 5.74) is 0. The molecule has 0 saturated heterocycles. The SMILES string of the molecule is CNC1CCCC1S(=O)c1ccc2c(c1)OCCCO2. The van der Waals surface area contributed by atoms with Crippen molar-refractivity contribution in [1.29, 1.82) is 0 Å². The highest BCUT2D eigenvalue weighted by Crippen LogP contribution is 2.34.